The molecule has 1 aliphatic heterocycles. The van der Waals surface area contributed by atoms with Gasteiger partial charge in [-0.15, -0.1) is 0 Å². The molecule has 1 heterocycles. The van der Waals surface area contributed by atoms with E-state index in [9.17, 15) is 0 Å². The zero-order valence-electron chi connectivity index (χ0n) is 14.8. The van der Waals surface area contributed by atoms with Crippen molar-refractivity contribution in [2.45, 2.75) is 71.2 Å². The van der Waals surface area contributed by atoms with Crippen LogP contribution in [0, 0.1) is 29.8 Å². The van der Waals surface area contributed by atoms with Crippen LogP contribution < -0.4 is 0 Å². The summed E-state index contributed by atoms with van der Waals surface area (Å²) in [6.07, 6.45) is 14.3. The molecule has 2 fully saturated rings. The van der Waals surface area contributed by atoms with Gasteiger partial charge in [0.05, 0.1) is 0 Å². The zero-order valence-corrected chi connectivity index (χ0v) is 15.8. The van der Waals surface area contributed by atoms with Crippen LogP contribution in [0.3, 0.4) is 0 Å². The van der Waals surface area contributed by atoms with E-state index in [2.05, 4.69) is 38.7 Å². The van der Waals surface area contributed by atoms with Crippen molar-refractivity contribution in [1.82, 2.24) is 0 Å². The van der Waals surface area contributed by atoms with Gasteiger partial charge in [-0.25, -0.2) is 0 Å². The van der Waals surface area contributed by atoms with E-state index in [1.807, 2.05) is 0 Å². The Morgan fingerprint density at radius 2 is 2.00 bits per heavy atom. The van der Waals surface area contributed by atoms with E-state index in [0.29, 0.717) is 12.0 Å². The Hall–Kier alpha value is -0.253. The van der Waals surface area contributed by atoms with Crippen LogP contribution in [-0.4, -0.2) is 21.0 Å². The molecule has 0 N–H and O–H groups in total. The van der Waals surface area contributed by atoms with Crippen LogP contribution in [0.2, 0.25) is 19.6 Å². The molecule has 2 aliphatic carbocycles. The summed E-state index contributed by atoms with van der Waals surface area (Å²) in [5.41, 5.74) is 0. The van der Waals surface area contributed by atoms with Crippen LogP contribution in [0.5, 0.6) is 0 Å². The lowest BCUT2D eigenvalue weighted by Gasteiger charge is -2.36. The van der Waals surface area contributed by atoms with Crippen molar-refractivity contribution in [3.63, 3.8) is 0 Å². The Balaban J connectivity index is 1.63. The molecule has 2 nitrogen and oxygen atoms in total. The van der Waals surface area contributed by atoms with Crippen LogP contribution in [0.25, 0.3) is 0 Å². The second kappa shape index (κ2) is 6.70. The third kappa shape index (κ3) is 3.80. The van der Waals surface area contributed by atoms with Crippen LogP contribution >= 0.6 is 0 Å². The highest BCUT2D eigenvalue weighted by Gasteiger charge is 2.53. The third-order valence-corrected chi connectivity index (χ3v) is 6.78. The molecular weight excluding hydrogens is 288 g/mol. The Morgan fingerprint density at radius 1 is 1.18 bits per heavy atom. The van der Waals surface area contributed by atoms with Gasteiger partial charge in [0, 0.05) is 24.9 Å². The van der Waals surface area contributed by atoms with Crippen LogP contribution in [-0.2, 0) is 9.16 Å². The predicted molar refractivity (Wildman–Crippen MR) is 93.9 cm³/mol. The first-order valence-electron chi connectivity index (χ1n) is 9.29. The Morgan fingerprint density at radius 3 is 2.77 bits per heavy atom. The van der Waals surface area contributed by atoms with Crippen molar-refractivity contribution in [3.8, 4) is 0 Å². The number of allylic oxidation sites excluding steroid dienone is 2. The van der Waals surface area contributed by atoms with E-state index in [1.165, 1.54) is 38.2 Å². The van der Waals surface area contributed by atoms with E-state index in [0.717, 1.165) is 30.8 Å². The average Bonchev–Trinajstić information content (AvgIpc) is 2.63. The summed E-state index contributed by atoms with van der Waals surface area (Å²) in [6, 6.07) is 0. The molecule has 0 unspecified atom stereocenters. The maximum absolute atomic E-state index is 6.53. The third-order valence-electron chi connectivity index (χ3n) is 5.71. The largest absolute Gasteiger partial charge is 0.418 e. The van der Waals surface area contributed by atoms with Gasteiger partial charge in [-0.2, -0.15) is 4.74 Å². The topological polar surface area (TPSA) is 18.5 Å². The SMILES string of the molecule is C[C@H]1C=C[C@H]2CCC[C+]3O[C@@H](CCO[Si](C)(C)C)CC[C@@H]1[C@H]32. The summed E-state index contributed by atoms with van der Waals surface area (Å²) in [6.45, 7) is 10.1. The Labute approximate surface area is 137 Å². The highest BCUT2D eigenvalue weighted by Crippen LogP contribution is 2.51. The predicted octanol–water partition coefficient (Wildman–Crippen LogP) is 5.18. The summed E-state index contributed by atoms with van der Waals surface area (Å²) in [4.78, 5) is 0. The maximum atomic E-state index is 6.53. The molecule has 0 spiro atoms. The molecule has 1 saturated heterocycles. The number of hydrogen-bond donors (Lipinski definition) is 0. The van der Waals surface area contributed by atoms with E-state index < -0.39 is 8.32 Å². The van der Waals surface area contributed by atoms with Crippen LogP contribution in [0.4, 0.5) is 0 Å². The van der Waals surface area contributed by atoms with Gasteiger partial charge in [-0.3, -0.25) is 0 Å². The molecular formula is C19H33O2Si+. The zero-order chi connectivity index (χ0) is 15.7. The standard InChI is InChI=1S/C19H33O2Si/c1-14-8-9-15-6-5-7-18-19(15)17(14)11-10-16(21-18)12-13-20-22(2,3)4/h8-9,14-17,19H,5-7,10-13H2,1-4H3/q+1/t14-,15+,16+,17-,19+/m0/s1. The van der Waals surface area contributed by atoms with Crippen molar-refractivity contribution >= 4 is 8.32 Å². The van der Waals surface area contributed by atoms with Crippen LogP contribution in [0.1, 0.15) is 45.4 Å². The summed E-state index contributed by atoms with van der Waals surface area (Å²) >= 11 is 0. The van der Waals surface area contributed by atoms with E-state index in [1.54, 1.807) is 0 Å². The molecule has 3 rings (SSSR count). The minimum absolute atomic E-state index is 0.392. The van der Waals surface area contributed by atoms with Crippen molar-refractivity contribution in [1.29, 1.82) is 0 Å². The Kier molecular flexibility index (Phi) is 5.06. The van der Waals surface area contributed by atoms with Crippen molar-refractivity contribution in [2.75, 3.05) is 6.61 Å². The van der Waals surface area contributed by atoms with Crippen molar-refractivity contribution in [3.05, 3.63) is 18.3 Å². The molecule has 3 aliphatic rings. The molecule has 1 saturated carbocycles. The minimum Gasteiger partial charge on any atom is -0.418 e. The van der Waals surface area contributed by atoms with Crippen molar-refractivity contribution in [2.24, 2.45) is 23.7 Å². The summed E-state index contributed by atoms with van der Waals surface area (Å²) in [5, 5.41) is 0. The average molecular weight is 322 g/mol. The molecule has 5 atom stereocenters. The fraction of sp³-hybridized carbons (Fsp3) is 0.842. The fourth-order valence-electron chi connectivity index (χ4n) is 4.59. The number of ether oxygens (including phenoxy) is 1. The quantitative estimate of drug-likeness (QED) is 0.403. The molecule has 0 aromatic rings. The van der Waals surface area contributed by atoms with E-state index in [-0.39, 0.29) is 0 Å². The summed E-state index contributed by atoms with van der Waals surface area (Å²) < 4.78 is 12.6. The second-order valence-electron chi connectivity index (χ2n) is 8.52. The normalized spacial score (nSPS) is 38.5. The molecule has 3 heteroatoms. The van der Waals surface area contributed by atoms with E-state index in [4.69, 9.17) is 9.16 Å². The van der Waals surface area contributed by atoms with Gasteiger partial charge >= 0.3 is 0 Å². The fourth-order valence-corrected chi connectivity index (χ4v) is 5.32. The van der Waals surface area contributed by atoms with Gasteiger partial charge in [0.2, 0.25) is 6.10 Å². The van der Waals surface area contributed by atoms with Crippen LogP contribution in [0.15, 0.2) is 12.2 Å². The highest BCUT2D eigenvalue weighted by molar-refractivity contribution is 6.69. The van der Waals surface area contributed by atoms with Gasteiger partial charge in [-0.1, -0.05) is 19.1 Å². The number of hydrogen-bond acceptors (Lipinski definition) is 2. The maximum Gasteiger partial charge on any atom is 0.245 e. The first-order chi connectivity index (χ1) is 10.4. The second-order valence-corrected chi connectivity index (χ2v) is 13.0. The van der Waals surface area contributed by atoms with Crippen molar-refractivity contribution < 1.29 is 9.16 Å². The lowest BCUT2D eigenvalue weighted by atomic mass is 9.63. The van der Waals surface area contributed by atoms with Gasteiger partial charge in [-0.05, 0) is 51.2 Å². The highest BCUT2D eigenvalue weighted by atomic mass is 28.4. The first kappa shape index (κ1) is 16.6. The lowest BCUT2D eigenvalue weighted by molar-refractivity contribution is -0.00281. The monoisotopic (exact) mass is 321 g/mol. The molecule has 0 amide bonds. The summed E-state index contributed by atoms with van der Waals surface area (Å²) in [5.74, 6) is 2.99. The van der Waals surface area contributed by atoms with Gasteiger partial charge in [0.1, 0.15) is 18.4 Å². The molecule has 22 heavy (non-hydrogen) atoms. The molecule has 0 bridgehead atoms. The van der Waals surface area contributed by atoms with Gasteiger partial charge in [0.15, 0.2) is 8.32 Å². The molecule has 124 valence electrons. The smallest absolute Gasteiger partial charge is 0.245 e. The molecule has 0 radical (unpaired) electrons. The van der Waals surface area contributed by atoms with Gasteiger partial charge < -0.3 is 4.43 Å². The summed E-state index contributed by atoms with van der Waals surface area (Å²) in [7, 11) is -1.39. The van der Waals surface area contributed by atoms with Gasteiger partial charge in [0.25, 0.3) is 0 Å². The first-order valence-corrected chi connectivity index (χ1v) is 12.7. The molecule has 0 aromatic carbocycles. The Bertz CT molecular complexity index is 401. The lowest BCUT2D eigenvalue weighted by Crippen LogP contribution is -2.37. The molecule has 0 aromatic heterocycles. The minimum atomic E-state index is -1.39. The van der Waals surface area contributed by atoms with E-state index >= 15 is 0 Å². The number of rotatable bonds is 4.